The molecule has 5 heteroatoms. The van der Waals surface area contributed by atoms with Crippen LogP contribution in [0.1, 0.15) is 0 Å². The molecule has 0 N–H and O–H groups in total. The Morgan fingerprint density at radius 3 is 2.57 bits per heavy atom. The van der Waals surface area contributed by atoms with E-state index < -0.39 is 0 Å². The maximum Gasteiger partial charge on any atom is 0.326 e. The van der Waals surface area contributed by atoms with Crippen molar-refractivity contribution in [1.82, 2.24) is 15.0 Å². The normalized spacial score (nSPS) is 9.79. The van der Waals surface area contributed by atoms with Gasteiger partial charge in [0.1, 0.15) is 12.1 Å². The van der Waals surface area contributed by atoms with Crippen molar-refractivity contribution >= 4 is 11.6 Å². The molecule has 0 saturated heterocycles. The second-order valence-electron chi connectivity index (χ2n) is 2.45. The Labute approximate surface area is 85.6 Å². The summed E-state index contributed by atoms with van der Waals surface area (Å²) in [5.74, 6) is 0.662. The van der Waals surface area contributed by atoms with Gasteiger partial charge in [-0.2, -0.15) is 9.97 Å². The van der Waals surface area contributed by atoms with Gasteiger partial charge in [0.25, 0.3) is 0 Å². The summed E-state index contributed by atoms with van der Waals surface area (Å²) in [5.41, 5.74) is 0. The van der Waals surface area contributed by atoms with Crippen LogP contribution in [0.4, 0.5) is 0 Å². The monoisotopic (exact) mass is 207 g/mol. The van der Waals surface area contributed by atoms with Crippen molar-refractivity contribution in [3.05, 3.63) is 41.9 Å². The molecule has 0 aliphatic rings. The molecular weight excluding hydrogens is 202 g/mol. The van der Waals surface area contributed by atoms with Gasteiger partial charge in [-0.3, -0.25) is 0 Å². The summed E-state index contributed by atoms with van der Waals surface area (Å²) >= 11 is 5.57. The number of halogens is 1. The third-order valence-electron chi connectivity index (χ3n) is 1.47. The molecule has 0 radical (unpaired) electrons. The van der Waals surface area contributed by atoms with Crippen LogP contribution in [0.2, 0.25) is 5.28 Å². The smallest absolute Gasteiger partial charge is 0.326 e. The first-order valence-electron chi connectivity index (χ1n) is 3.92. The van der Waals surface area contributed by atoms with Crippen LogP contribution < -0.4 is 4.74 Å². The molecule has 0 amide bonds. The first kappa shape index (κ1) is 8.90. The van der Waals surface area contributed by atoms with Crippen molar-refractivity contribution in [2.75, 3.05) is 0 Å². The molecule has 14 heavy (non-hydrogen) atoms. The van der Waals surface area contributed by atoms with Crippen LogP contribution in [0, 0.1) is 0 Å². The minimum Gasteiger partial charge on any atom is -0.424 e. The summed E-state index contributed by atoms with van der Waals surface area (Å²) in [6.45, 7) is 0. The Balaban J connectivity index is 2.19. The zero-order valence-corrected chi connectivity index (χ0v) is 7.85. The maximum absolute atomic E-state index is 5.57. The molecular formula is C9H6ClN3O. The van der Waals surface area contributed by atoms with E-state index in [4.69, 9.17) is 16.3 Å². The molecule has 0 saturated carbocycles. The van der Waals surface area contributed by atoms with Crippen LogP contribution in [-0.2, 0) is 0 Å². The van der Waals surface area contributed by atoms with E-state index in [0.29, 0.717) is 5.75 Å². The van der Waals surface area contributed by atoms with E-state index in [1.165, 1.54) is 6.33 Å². The Bertz CT molecular complexity index is 421. The van der Waals surface area contributed by atoms with E-state index in [-0.39, 0.29) is 11.3 Å². The molecule has 2 aromatic rings. The molecule has 0 spiro atoms. The first-order chi connectivity index (χ1) is 6.84. The first-order valence-corrected chi connectivity index (χ1v) is 4.30. The van der Waals surface area contributed by atoms with Gasteiger partial charge in [-0.25, -0.2) is 4.98 Å². The number of para-hydroxylation sites is 1. The van der Waals surface area contributed by atoms with E-state index in [0.717, 1.165) is 0 Å². The molecule has 1 heterocycles. The summed E-state index contributed by atoms with van der Waals surface area (Å²) in [6, 6.07) is 9.41. The van der Waals surface area contributed by atoms with E-state index in [1.54, 1.807) is 12.1 Å². The summed E-state index contributed by atoms with van der Waals surface area (Å²) in [6.07, 6.45) is 1.30. The fraction of sp³-hybridized carbons (Fsp3) is 0. The maximum atomic E-state index is 5.57. The number of hydrogen-bond donors (Lipinski definition) is 0. The Hall–Kier alpha value is -1.68. The second-order valence-corrected chi connectivity index (χ2v) is 2.79. The van der Waals surface area contributed by atoms with Crippen LogP contribution >= 0.6 is 11.6 Å². The van der Waals surface area contributed by atoms with Crippen molar-refractivity contribution in [3.8, 4) is 11.8 Å². The third-order valence-corrected chi connectivity index (χ3v) is 1.65. The molecule has 1 aromatic heterocycles. The fourth-order valence-corrected chi connectivity index (χ4v) is 1.02. The lowest BCUT2D eigenvalue weighted by Crippen LogP contribution is -1.92. The van der Waals surface area contributed by atoms with E-state index in [2.05, 4.69) is 15.0 Å². The van der Waals surface area contributed by atoms with Crippen molar-refractivity contribution < 1.29 is 4.74 Å². The predicted molar refractivity (Wildman–Crippen MR) is 51.4 cm³/mol. The highest BCUT2D eigenvalue weighted by Gasteiger charge is 2.00. The summed E-state index contributed by atoms with van der Waals surface area (Å²) < 4.78 is 5.31. The van der Waals surface area contributed by atoms with Crippen molar-refractivity contribution in [1.29, 1.82) is 0 Å². The molecule has 0 atom stereocenters. The van der Waals surface area contributed by atoms with E-state index >= 15 is 0 Å². The van der Waals surface area contributed by atoms with Crippen molar-refractivity contribution in [2.24, 2.45) is 0 Å². The molecule has 0 unspecified atom stereocenters. The quantitative estimate of drug-likeness (QED) is 0.758. The number of aromatic nitrogens is 3. The number of hydrogen-bond acceptors (Lipinski definition) is 4. The largest absolute Gasteiger partial charge is 0.424 e. The SMILES string of the molecule is Clc1ncnc(Oc2ccccc2)n1. The Kier molecular flexibility index (Phi) is 2.55. The Morgan fingerprint density at radius 2 is 1.86 bits per heavy atom. The third kappa shape index (κ3) is 2.17. The van der Waals surface area contributed by atoms with Gasteiger partial charge >= 0.3 is 6.01 Å². The van der Waals surface area contributed by atoms with Crippen molar-refractivity contribution in [2.45, 2.75) is 0 Å². The van der Waals surface area contributed by atoms with E-state index in [9.17, 15) is 0 Å². The van der Waals surface area contributed by atoms with E-state index in [1.807, 2.05) is 18.2 Å². The lowest BCUT2D eigenvalue weighted by Gasteiger charge is -2.01. The van der Waals surface area contributed by atoms with Gasteiger partial charge in [0.15, 0.2) is 0 Å². The number of benzene rings is 1. The summed E-state index contributed by atoms with van der Waals surface area (Å²) in [7, 11) is 0. The highest BCUT2D eigenvalue weighted by molar-refractivity contribution is 6.28. The van der Waals surface area contributed by atoms with Gasteiger partial charge in [-0.05, 0) is 23.7 Å². The molecule has 70 valence electrons. The number of rotatable bonds is 2. The average molecular weight is 208 g/mol. The van der Waals surface area contributed by atoms with Crippen LogP contribution in [0.3, 0.4) is 0 Å². The zero-order valence-electron chi connectivity index (χ0n) is 7.09. The fourth-order valence-electron chi connectivity index (χ4n) is 0.906. The highest BCUT2D eigenvalue weighted by Crippen LogP contribution is 2.16. The molecule has 0 bridgehead atoms. The standard InChI is InChI=1S/C9H6ClN3O/c10-8-11-6-12-9(13-8)14-7-4-2-1-3-5-7/h1-6H. The van der Waals surface area contributed by atoms with Crippen LogP contribution in [0.5, 0.6) is 11.8 Å². The average Bonchev–Trinajstić information content (AvgIpc) is 2.19. The predicted octanol–water partition coefficient (Wildman–Crippen LogP) is 2.32. The van der Waals surface area contributed by atoms with Gasteiger partial charge in [0.2, 0.25) is 5.28 Å². The van der Waals surface area contributed by atoms with Crippen LogP contribution in [-0.4, -0.2) is 15.0 Å². The van der Waals surface area contributed by atoms with Gasteiger partial charge in [0, 0.05) is 0 Å². The van der Waals surface area contributed by atoms with Crippen molar-refractivity contribution in [3.63, 3.8) is 0 Å². The van der Waals surface area contributed by atoms with Gasteiger partial charge < -0.3 is 4.74 Å². The number of nitrogens with zero attached hydrogens (tertiary/aromatic N) is 3. The lowest BCUT2D eigenvalue weighted by atomic mass is 10.3. The summed E-state index contributed by atoms with van der Waals surface area (Å²) in [4.78, 5) is 11.2. The minimum absolute atomic E-state index is 0.117. The second kappa shape index (κ2) is 4.02. The molecule has 2 rings (SSSR count). The van der Waals surface area contributed by atoms with Gasteiger partial charge in [-0.1, -0.05) is 18.2 Å². The highest BCUT2D eigenvalue weighted by atomic mass is 35.5. The minimum atomic E-state index is 0.117. The number of ether oxygens (including phenoxy) is 1. The van der Waals surface area contributed by atoms with Gasteiger partial charge in [0.05, 0.1) is 0 Å². The molecule has 0 fully saturated rings. The van der Waals surface area contributed by atoms with Crippen LogP contribution in [0.15, 0.2) is 36.7 Å². The zero-order chi connectivity index (χ0) is 9.80. The topological polar surface area (TPSA) is 47.9 Å². The molecule has 0 aliphatic carbocycles. The van der Waals surface area contributed by atoms with Gasteiger partial charge in [-0.15, -0.1) is 0 Å². The molecule has 0 aliphatic heterocycles. The van der Waals surface area contributed by atoms with Crippen LogP contribution in [0.25, 0.3) is 0 Å². The summed E-state index contributed by atoms with van der Waals surface area (Å²) in [5, 5.41) is 0.117. The Morgan fingerprint density at radius 1 is 1.07 bits per heavy atom. The molecule has 1 aromatic carbocycles. The molecule has 4 nitrogen and oxygen atoms in total. The lowest BCUT2D eigenvalue weighted by molar-refractivity contribution is 0.439.